The summed E-state index contributed by atoms with van der Waals surface area (Å²) in [4.78, 5) is 0. The lowest BCUT2D eigenvalue weighted by Crippen LogP contribution is -2.27. The first kappa shape index (κ1) is 18.3. The first-order chi connectivity index (χ1) is 13.7. The van der Waals surface area contributed by atoms with E-state index in [4.69, 9.17) is 20.9 Å². The van der Waals surface area contributed by atoms with Gasteiger partial charge in [-0.05, 0) is 34.0 Å². The van der Waals surface area contributed by atoms with Gasteiger partial charge in [0.15, 0.2) is 0 Å². The molecule has 0 aliphatic carbocycles. The zero-order chi connectivity index (χ0) is 19.7. The molecule has 0 saturated heterocycles. The zero-order valence-corrected chi connectivity index (χ0v) is 16.1. The molecule has 4 aromatic carbocycles. The number of fused-ring (bicyclic) bond motifs is 2. The van der Waals surface area contributed by atoms with Crippen LogP contribution in [0, 0.1) is 0 Å². The number of ether oxygens (including phenoxy) is 2. The first-order valence-corrected chi connectivity index (χ1v) is 9.28. The van der Waals surface area contributed by atoms with E-state index < -0.39 is 0 Å². The minimum absolute atomic E-state index is 0.368. The van der Waals surface area contributed by atoms with Gasteiger partial charge in [0.2, 0.25) is 0 Å². The number of methoxy groups -OCH3 is 2. The fourth-order valence-corrected chi connectivity index (χ4v) is 3.91. The van der Waals surface area contributed by atoms with Crippen molar-refractivity contribution >= 4 is 21.5 Å². The topological polar surface area (TPSA) is 70.5 Å². The van der Waals surface area contributed by atoms with Gasteiger partial charge in [0.1, 0.15) is 11.5 Å². The van der Waals surface area contributed by atoms with E-state index in [0.717, 1.165) is 44.2 Å². The van der Waals surface area contributed by atoms with Crippen LogP contribution in [0.4, 0.5) is 0 Å². The van der Waals surface area contributed by atoms with E-state index in [1.165, 1.54) is 0 Å². The van der Waals surface area contributed by atoms with Gasteiger partial charge in [0.25, 0.3) is 0 Å². The molecule has 0 aromatic heterocycles. The lowest BCUT2D eigenvalue weighted by Gasteiger charge is -2.24. The molecule has 28 heavy (non-hydrogen) atoms. The summed E-state index contributed by atoms with van der Waals surface area (Å²) in [5, 5.41) is 4.18. The van der Waals surface area contributed by atoms with Crippen LogP contribution in [0.3, 0.4) is 0 Å². The van der Waals surface area contributed by atoms with Gasteiger partial charge in [-0.25, -0.2) is 0 Å². The molecule has 0 spiro atoms. The molecule has 142 valence electrons. The van der Waals surface area contributed by atoms with Crippen molar-refractivity contribution in [3.63, 3.8) is 0 Å². The molecule has 0 radical (unpaired) electrons. The van der Waals surface area contributed by atoms with Crippen LogP contribution in [0.25, 0.3) is 21.5 Å². The summed E-state index contributed by atoms with van der Waals surface area (Å²) >= 11 is 0. The Morgan fingerprint density at radius 2 is 0.893 bits per heavy atom. The lowest BCUT2D eigenvalue weighted by molar-refractivity contribution is 0.419. The maximum atomic E-state index is 6.69. The predicted octanol–water partition coefficient (Wildman–Crippen LogP) is 4.71. The van der Waals surface area contributed by atoms with Gasteiger partial charge in [0, 0.05) is 22.9 Å². The van der Waals surface area contributed by atoms with E-state index >= 15 is 0 Å². The highest BCUT2D eigenvalue weighted by molar-refractivity contribution is 5.93. The van der Waals surface area contributed by atoms with Crippen LogP contribution in [0.1, 0.15) is 23.2 Å². The third-order valence-electron chi connectivity index (χ3n) is 5.38. The van der Waals surface area contributed by atoms with Gasteiger partial charge in [-0.1, -0.05) is 60.7 Å². The second-order valence-electron chi connectivity index (χ2n) is 6.86. The maximum absolute atomic E-state index is 6.69. The average molecular weight is 372 g/mol. The minimum atomic E-state index is -0.368. The van der Waals surface area contributed by atoms with Crippen molar-refractivity contribution in [3.05, 3.63) is 83.9 Å². The van der Waals surface area contributed by atoms with Crippen molar-refractivity contribution in [2.45, 2.75) is 12.1 Å². The van der Waals surface area contributed by atoms with Gasteiger partial charge in [-0.2, -0.15) is 0 Å². The van der Waals surface area contributed by atoms with Crippen molar-refractivity contribution in [2.75, 3.05) is 14.2 Å². The molecular formula is C24H24N2O2. The van der Waals surface area contributed by atoms with Crippen molar-refractivity contribution in [1.82, 2.24) is 0 Å². The van der Waals surface area contributed by atoms with Crippen LogP contribution in [0.2, 0.25) is 0 Å². The number of nitrogens with two attached hydrogens (primary N) is 2. The highest BCUT2D eigenvalue weighted by Crippen LogP contribution is 2.38. The predicted molar refractivity (Wildman–Crippen MR) is 115 cm³/mol. The van der Waals surface area contributed by atoms with E-state index in [1.54, 1.807) is 14.2 Å². The molecule has 0 saturated carbocycles. The molecule has 0 aliphatic rings. The third-order valence-corrected chi connectivity index (χ3v) is 5.38. The van der Waals surface area contributed by atoms with Crippen LogP contribution in [-0.4, -0.2) is 14.2 Å². The van der Waals surface area contributed by atoms with E-state index in [2.05, 4.69) is 12.1 Å². The molecule has 0 aliphatic heterocycles. The molecule has 4 nitrogen and oxygen atoms in total. The molecule has 4 N–H and O–H groups in total. The Balaban J connectivity index is 1.83. The molecule has 0 amide bonds. The standard InChI is InChI=1S/C24H24N2O2/c1-27-21-13-11-19(15-7-3-5-9-17(15)21)23(25)24(26)20-12-14-22(28-2)18-10-6-4-8-16(18)20/h3-14,23-24H,25-26H2,1-2H3. The Morgan fingerprint density at radius 1 is 0.536 bits per heavy atom. The summed E-state index contributed by atoms with van der Waals surface area (Å²) in [5.74, 6) is 1.66. The fourth-order valence-electron chi connectivity index (χ4n) is 3.91. The van der Waals surface area contributed by atoms with Crippen molar-refractivity contribution in [1.29, 1.82) is 0 Å². The molecule has 4 heteroatoms. The molecule has 2 atom stereocenters. The van der Waals surface area contributed by atoms with Gasteiger partial charge in [-0.15, -0.1) is 0 Å². The monoisotopic (exact) mass is 372 g/mol. The normalized spacial score (nSPS) is 13.4. The largest absolute Gasteiger partial charge is 0.496 e. The zero-order valence-electron chi connectivity index (χ0n) is 16.1. The number of hydrogen-bond acceptors (Lipinski definition) is 4. The molecule has 4 rings (SSSR count). The van der Waals surface area contributed by atoms with E-state index in [-0.39, 0.29) is 12.1 Å². The highest BCUT2D eigenvalue weighted by Gasteiger charge is 2.22. The van der Waals surface area contributed by atoms with Crippen molar-refractivity contribution in [3.8, 4) is 11.5 Å². The maximum Gasteiger partial charge on any atom is 0.126 e. The minimum Gasteiger partial charge on any atom is -0.496 e. The van der Waals surface area contributed by atoms with Gasteiger partial charge in [-0.3, -0.25) is 0 Å². The summed E-state index contributed by atoms with van der Waals surface area (Å²) in [6.07, 6.45) is 0. The Labute approximate surface area is 164 Å². The second kappa shape index (κ2) is 7.50. The highest BCUT2D eigenvalue weighted by atomic mass is 16.5. The van der Waals surface area contributed by atoms with Crippen LogP contribution in [0.15, 0.2) is 72.8 Å². The molecule has 2 unspecified atom stereocenters. The smallest absolute Gasteiger partial charge is 0.126 e. The van der Waals surface area contributed by atoms with Crippen LogP contribution < -0.4 is 20.9 Å². The summed E-state index contributed by atoms with van der Waals surface area (Å²) in [7, 11) is 3.35. The third kappa shape index (κ3) is 2.97. The summed E-state index contributed by atoms with van der Waals surface area (Å²) in [6.45, 7) is 0. The Bertz CT molecular complexity index is 1050. The van der Waals surface area contributed by atoms with Gasteiger partial charge < -0.3 is 20.9 Å². The second-order valence-corrected chi connectivity index (χ2v) is 6.86. The summed E-state index contributed by atoms with van der Waals surface area (Å²) in [6, 6.07) is 23.4. The molecule has 0 heterocycles. The Morgan fingerprint density at radius 3 is 1.25 bits per heavy atom. The van der Waals surface area contributed by atoms with E-state index in [9.17, 15) is 0 Å². The van der Waals surface area contributed by atoms with Crippen LogP contribution in [-0.2, 0) is 0 Å². The molecule has 4 aromatic rings. The Kier molecular flexibility index (Phi) is 4.90. The van der Waals surface area contributed by atoms with Crippen LogP contribution >= 0.6 is 0 Å². The van der Waals surface area contributed by atoms with E-state index in [0.29, 0.717) is 0 Å². The number of benzene rings is 4. The Hall–Kier alpha value is -3.08. The van der Waals surface area contributed by atoms with Crippen molar-refractivity contribution in [2.24, 2.45) is 11.5 Å². The summed E-state index contributed by atoms with van der Waals surface area (Å²) < 4.78 is 11.0. The van der Waals surface area contributed by atoms with Crippen molar-refractivity contribution < 1.29 is 9.47 Å². The average Bonchev–Trinajstić information content (AvgIpc) is 2.76. The quantitative estimate of drug-likeness (QED) is 0.532. The molecule has 0 fully saturated rings. The number of rotatable bonds is 5. The van der Waals surface area contributed by atoms with E-state index in [1.807, 2.05) is 60.7 Å². The summed E-state index contributed by atoms with van der Waals surface area (Å²) in [5.41, 5.74) is 15.4. The molecule has 0 bridgehead atoms. The number of hydrogen-bond donors (Lipinski definition) is 2. The van der Waals surface area contributed by atoms with Crippen LogP contribution in [0.5, 0.6) is 11.5 Å². The van der Waals surface area contributed by atoms with Gasteiger partial charge >= 0.3 is 0 Å². The lowest BCUT2D eigenvalue weighted by atomic mass is 9.88. The first-order valence-electron chi connectivity index (χ1n) is 9.28. The molecular weight excluding hydrogens is 348 g/mol. The SMILES string of the molecule is COc1ccc(C(N)C(N)c2ccc(OC)c3ccccc23)c2ccccc12. The van der Waals surface area contributed by atoms with Gasteiger partial charge in [0.05, 0.1) is 14.2 Å². The fraction of sp³-hybridized carbons (Fsp3) is 0.167.